The van der Waals surface area contributed by atoms with E-state index in [4.69, 9.17) is 19.9 Å². The number of amides is 1. The quantitative estimate of drug-likeness (QED) is 0.818. The maximum absolute atomic E-state index is 12.8. The lowest BCUT2D eigenvalue weighted by Crippen LogP contribution is -2.49. The Morgan fingerprint density at radius 3 is 2.22 bits per heavy atom. The Balaban J connectivity index is 2.20. The smallest absolute Gasteiger partial charge is 0.257 e. The van der Waals surface area contributed by atoms with E-state index in [1.54, 1.807) is 19.2 Å². The number of piperazine rings is 1. The Kier molecular flexibility index (Phi) is 6.06. The molecule has 0 radical (unpaired) electrons. The highest BCUT2D eigenvalue weighted by molar-refractivity contribution is 5.98. The van der Waals surface area contributed by atoms with Gasteiger partial charge in [-0.1, -0.05) is 0 Å². The molecule has 2 N–H and O–H groups in total. The lowest BCUT2D eigenvalue weighted by molar-refractivity contribution is 0.0637. The minimum Gasteiger partial charge on any atom is -0.493 e. The van der Waals surface area contributed by atoms with Crippen molar-refractivity contribution in [3.63, 3.8) is 0 Å². The van der Waals surface area contributed by atoms with Gasteiger partial charge in [0, 0.05) is 39.3 Å². The maximum atomic E-state index is 12.8. The van der Waals surface area contributed by atoms with Gasteiger partial charge in [0.25, 0.3) is 5.91 Å². The third kappa shape index (κ3) is 3.68. The van der Waals surface area contributed by atoms with Gasteiger partial charge in [-0.05, 0) is 12.1 Å². The highest BCUT2D eigenvalue weighted by atomic mass is 16.5. The van der Waals surface area contributed by atoms with Crippen LogP contribution in [0, 0.1) is 0 Å². The van der Waals surface area contributed by atoms with Crippen molar-refractivity contribution in [1.29, 1.82) is 0 Å². The molecule has 0 aliphatic carbocycles. The molecule has 1 aromatic rings. The molecular formula is C16H25N3O4. The van der Waals surface area contributed by atoms with Crippen molar-refractivity contribution in [2.24, 2.45) is 5.73 Å². The zero-order chi connectivity index (χ0) is 16.8. The third-order valence-electron chi connectivity index (χ3n) is 4.04. The van der Waals surface area contributed by atoms with Gasteiger partial charge >= 0.3 is 0 Å². The molecule has 7 nitrogen and oxygen atoms in total. The predicted molar refractivity (Wildman–Crippen MR) is 87.5 cm³/mol. The van der Waals surface area contributed by atoms with Crippen LogP contribution in [-0.2, 0) is 0 Å². The second-order valence-corrected chi connectivity index (χ2v) is 5.30. The predicted octanol–water partition coefficient (Wildman–Crippen LogP) is 0.429. The van der Waals surface area contributed by atoms with E-state index >= 15 is 0 Å². The summed E-state index contributed by atoms with van der Waals surface area (Å²) in [6.07, 6.45) is 0. The summed E-state index contributed by atoms with van der Waals surface area (Å²) in [4.78, 5) is 16.9. The van der Waals surface area contributed by atoms with Crippen LogP contribution in [0.1, 0.15) is 10.4 Å². The summed E-state index contributed by atoms with van der Waals surface area (Å²) in [6.45, 7) is 4.52. The summed E-state index contributed by atoms with van der Waals surface area (Å²) >= 11 is 0. The number of nitrogens with two attached hydrogens (primary N) is 1. The zero-order valence-electron chi connectivity index (χ0n) is 14.0. The van der Waals surface area contributed by atoms with Crippen LogP contribution in [0.3, 0.4) is 0 Å². The Morgan fingerprint density at radius 2 is 1.70 bits per heavy atom. The van der Waals surface area contributed by atoms with Gasteiger partial charge in [0.05, 0.1) is 26.9 Å². The SMILES string of the molecule is COc1ccc(C(=O)N2CCN(CCN)CC2)c(OC)c1OC. The van der Waals surface area contributed by atoms with Gasteiger partial charge in [-0.2, -0.15) is 0 Å². The van der Waals surface area contributed by atoms with Crippen LogP contribution < -0.4 is 19.9 Å². The first kappa shape index (κ1) is 17.4. The number of ether oxygens (including phenoxy) is 3. The van der Waals surface area contributed by atoms with Gasteiger partial charge in [0.1, 0.15) is 0 Å². The number of hydrogen-bond acceptors (Lipinski definition) is 6. The molecule has 128 valence electrons. The van der Waals surface area contributed by atoms with Crippen LogP contribution >= 0.6 is 0 Å². The van der Waals surface area contributed by atoms with Crippen molar-refractivity contribution < 1.29 is 19.0 Å². The Bertz CT molecular complexity index is 542. The van der Waals surface area contributed by atoms with E-state index < -0.39 is 0 Å². The molecule has 7 heteroatoms. The first-order chi connectivity index (χ1) is 11.2. The molecule has 23 heavy (non-hydrogen) atoms. The van der Waals surface area contributed by atoms with Gasteiger partial charge in [0.2, 0.25) is 5.75 Å². The molecule has 1 fully saturated rings. The molecule has 1 heterocycles. The fourth-order valence-electron chi connectivity index (χ4n) is 2.80. The van der Waals surface area contributed by atoms with Crippen LogP contribution in [0.4, 0.5) is 0 Å². The molecule has 0 bridgehead atoms. The second-order valence-electron chi connectivity index (χ2n) is 5.30. The molecule has 2 rings (SSSR count). The standard InChI is InChI=1S/C16H25N3O4/c1-21-13-5-4-12(14(22-2)15(13)23-3)16(20)19-10-8-18(7-6-17)9-11-19/h4-5H,6-11,17H2,1-3H3. The molecule has 1 aliphatic heterocycles. The molecule has 0 atom stereocenters. The summed E-state index contributed by atoms with van der Waals surface area (Å²) in [5.74, 6) is 1.31. The first-order valence-corrected chi connectivity index (χ1v) is 7.66. The van der Waals surface area contributed by atoms with Gasteiger partial charge < -0.3 is 24.8 Å². The molecule has 0 unspecified atom stereocenters. The van der Waals surface area contributed by atoms with Crippen molar-refractivity contribution in [1.82, 2.24) is 9.80 Å². The topological polar surface area (TPSA) is 77.3 Å². The van der Waals surface area contributed by atoms with E-state index in [9.17, 15) is 4.79 Å². The highest BCUT2D eigenvalue weighted by Gasteiger charge is 2.26. The van der Waals surface area contributed by atoms with Crippen molar-refractivity contribution in [3.8, 4) is 17.2 Å². The number of rotatable bonds is 6. The minimum absolute atomic E-state index is 0.0600. The van der Waals surface area contributed by atoms with E-state index in [1.807, 2.05) is 4.90 Å². The lowest BCUT2D eigenvalue weighted by Gasteiger charge is -2.34. The Labute approximate surface area is 136 Å². The monoisotopic (exact) mass is 323 g/mol. The maximum Gasteiger partial charge on any atom is 0.257 e. The summed E-state index contributed by atoms with van der Waals surface area (Å²) in [5.41, 5.74) is 6.06. The normalized spacial score (nSPS) is 15.4. The van der Waals surface area contributed by atoms with Crippen LogP contribution in [0.15, 0.2) is 12.1 Å². The molecule has 1 amide bonds. The fraction of sp³-hybridized carbons (Fsp3) is 0.562. The molecule has 0 aromatic heterocycles. The number of carbonyl (C=O) groups is 1. The minimum atomic E-state index is -0.0600. The number of carbonyl (C=O) groups excluding carboxylic acids is 1. The second kappa shape index (κ2) is 8.03. The van der Waals surface area contributed by atoms with Gasteiger partial charge in [-0.15, -0.1) is 0 Å². The lowest BCUT2D eigenvalue weighted by atomic mass is 10.1. The van der Waals surface area contributed by atoms with Gasteiger partial charge in [-0.25, -0.2) is 0 Å². The molecule has 0 saturated carbocycles. The molecule has 0 spiro atoms. The van der Waals surface area contributed by atoms with Crippen molar-refractivity contribution >= 4 is 5.91 Å². The van der Waals surface area contributed by atoms with E-state index in [0.29, 0.717) is 42.4 Å². The summed E-state index contributed by atoms with van der Waals surface area (Å²) in [6, 6.07) is 3.44. The van der Waals surface area contributed by atoms with Gasteiger partial charge in [-0.3, -0.25) is 9.69 Å². The molecule has 1 aliphatic rings. The number of methoxy groups -OCH3 is 3. The third-order valence-corrected chi connectivity index (χ3v) is 4.04. The molecule has 1 saturated heterocycles. The Hall–Kier alpha value is -1.99. The van der Waals surface area contributed by atoms with Crippen molar-refractivity contribution in [2.75, 3.05) is 60.6 Å². The van der Waals surface area contributed by atoms with Crippen LogP contribution in [-0.4, -0.2) is 76.3 Å². The molecular weight excluding hydrogens is 298 g/mol. The Morgan fingerprint density at radius 1 is 1.04 bits per heavy atom. The van der Waals surface area contributed by atoms with Crippen molar-refractivity contribution in [2.45, 2.75) is 0 Å². The summed E-state index contributed by atoms with van der Waals surface area (Å²) in [7, 11) is 4.60. The van der Waals surface area contributed by atoms with Crippen molar-refractivity contribution in [3.05, 3.63) is 17.7 Å². The van der Waals surface area contributed by atoms with Gasteiger partial charge in [0.15, 0.2) is 11.5 Å². The average molecular weight is 323 g/mol. The van der Waals surface area contributed by atoms with E-state index in [1.165, 1.54) is 14.2 Å². The number of hydrogen-bond donors (Lipinski definition) is 1. The van der Waals surface area contributed by atoms with Crippen LogP contribution in [0.25, 0.3) is 0 Å². The summed E-state index contributed by atoms with van der Waals surface area (Å²) in [5, 5.41) is 0. The van der Waals surface area contributed by atoms with E-state index in [-0.39, 0.29) is 5.91 Å². The number of nitrogens with zero attached hydrogens (tertiary/aromatic N) is 2. The molecule has 1 aromatic carbocycles. The fourth-order valence-corrected chi connectivity index (χ4v) is 2.80. The van der Waals surface area contributed by atoms with Crippen LogP contribution in [0.5, 0.6) is 17.2 Å². The largest absolute Gasteiger partial charge is 0.493 e. The summed E-state index contributed by atoms with van der Waals surface area (Å²) < 4.78 is 16.0. The van der Waals surface area contributed by atoms with E-state index in [2.05, 4.69) is 4.90 Å². The average Bonchev–Trinajstić information content (AvgIpc) is 2.60. The van der Waals surface area contributed by atoms with E-state index in [0.717, 1.165) is 19.6 Å². The zero-order valence-corrected chi connectivity index (χ0v) is 14.0. The number of benzene rings is 1. The first-order valence-electron chi connectivity index (χ1n) is 7.66. The van der Waals surface area contributed by atoms with Crippen LogP contribution in [0.2, 0.25) is 0 Å². The highest BCUT2D eigenvalue weighted by Crippen LogP contribution is 2.40.